The van der Waals surface area contributed by atoms with Crippen LogP contribution in [0.25, 0.3) is 0 Å². The number of rotatable bonds is 4. The molecule has 0 atom stereocenters. The summed E-state index contributed by atoms with van der Waals surface area (Å²) in [4.78, 5) is 10.6. The van der Waals surface area contributed by atoms with Gasteiger partial charge in [0.1, 0.15) is 0 Å². The van der Waals surface area contributed by atoms with Crippen molar-refractivity contribution in [3.63, 3.8) is 0 Å². The SMILES string of the molecule is Cc1nnc(NN=Cc2cc3c(cc2[N+](=O)[O-])OCO3)n1N.Cl. The summed E-state index contributed by atoms with van der Waals surface area (Å²) in [6, 6.07) is 2.77. The second kappa shape index (κ2) is 6.36. The second-order valence-corrected chi connectivity index (χ2v) is 4.33. The normalized spacial score (nSPS) is 12.2. The summed E-state index contributed by atoms with van der Waals surface area (Å²) in [5.74, 6) is 7.09. The lowest BCUT2D eigenvalue weighted by molar-refractivity contribution is -0.385. The molecular formula is C11H12ClN7O4. The Labute approximate surface area is 135 Å². The van der Waals surface area contributed by atoms with Gasteiger partial charge in [-0.1, -0.05) is 0 Å². The van der Waals surface area contributed by atoms with Gasteiger partial charge in [-0.2, -0.15) is 5.10 Å². The highest BCUT2D eigenvalue weighted by molar-refractivity contribution is 5.87. The van der Waals surface area contributed by atoms with Crippen molar-refractivity contribution < 1.29 is 14.4 Å². The molecule has 23 heavy (non-hydrogen) atoms. The van der Waals surface area contributed by atoms with Gasteiger partial charge >= 0.3 is 0 Å². The van der Waals surface area contributed by atoms with Gasteiger partial charge in [-0.3, -0.25) is 10.1 Å². The van der Waals surface area contributed by atoms with Gasteiger partial charge in [0.05, 0.1) is 22.8 Å². The molecule has 1 aliphatic rings. The van der Waals surface area contributed by atoms with Crippen LogP contribution in [0.1, 0.15) is 11.4 Å². The van der Waals surface area contributed by atoms with Crippen LogP contribution in [0.5, 0.6) is 11.5 Å². The van der Waals surface area contributed by atoms with E-state index in [1.165, 1.54) is 23.0 Å². The Morgan fingerprint density at radius 2 is 2.13 bits per heavy atom. The van der Waals surface area contributed by atoms with E-state index >= 15 is 0 Å². The Morgan fingerprint density at radius 3 is 2.74 bits per heavy atom. The molecule has 0 saturated heterocycles. The van der Waals surface area contributed by atoms with Gasteiger partial charge in [-0.25, -0.2) is 10.1 Å². The minimum Gasteiger partial charge on any atom is -0.454 e. The first kappa shape index (κ1) is 16.3. The molecular weight excluding hydrogens is 330 g/mol. The summed E-state index contributed by atoms with van der Waals surface area (Å²) in [5.41, 5.74) is 2.65. The topological polar surface area (TPSA) is 143 Å². The quantitative estimate of drug-likeness (QED) is 0.360. The fourth-order valence-electron chi connectivity index (χ4n) is 1.81. The standard InChI is InChI=1S/C11H11N7O4.ClH/c1-6-14-16-11(17(6)12)15-13-4-7-2-9-10(22-5-21-9)3-8(7)18(19)20;/h2-4H,5,12H2,1H3,(H,15,16);1H. The van der Waals surface area contributed by atoms with E-state index in [1.54, 1.807) is 6.92 Å². The molecule has 0 radical (unpaired) electrons. The van der Waals surface area contributed by atoms with Gasteiger partial charge in [0.25, 0.3) is 11.6 Å². The fourth-order valence-corrected chi connectivity index (χ4v) is 1.81. The summed E-state index contributed by atoms with van der Waals surface area (Å²) in [6.45, 7) is 1.70. The fraction of sp³-hybridized carbons (Fsp3) is 0.182. The van der Waals surface area contributed by atoms with Crippen molar-refractivity contribution in [3.05, 3.63) is 33.6 Å². The van der Waals surface area contributed by atoms with E-state index in [2.05, 4.69) is 20.7 Å². The van der Waals surface area contributed by atoms with Gasteiger partial charge in [-0.15, -0.1) is 22.6 Å². The number of nitro benzene ring substituents is 1. The van der Waals surface area contributed by atoms with Crippen molar-refractivity contribution >= 4 is 30.3 Å². The first-order chi connectivity index (χ1) is 10.6. The Hall–Kier alpha value is -3.08. The molecule has 3 rings (SSSR count). The number of nitrogens with zero attached hydrogens (tertiary/aromatic N) is 5. The minimum absolute atomic E-state index is 0. The lowest BCUT2D eigenvalue weighted by Crippen LogP contribution is -2.13. The smallest absolute Gasteiger partial charge is 0.282 e. The van der Waals surface area contributed by atoms with E-state index in [0.717, 1.165) is 0 Å². The number of nitrogens with two attached hydrogens (primary N) is 1. The highest BCUT2D eigenvalue weighted by atomic mass is 35.5. The third-order valence-corrected chi connectivity index (χ3v) is 2.95. The molecule has 0 bridgehead atoms. The van der Waals surface area contributed by atoms with Crippen molar-refractivity contribution in [2.45, 2.75) is 6.92 Å². The van der Waals surface area contributed by atoms with E-state index < -0.39 is 4.92 Å². The summed E-state index contributed by atoms with van der Waals surface area (Å²) in [5, 5.41) is 22.5. The first-order valence-electron chi connectivity index (χ1n) is 6.10. The molecule has 0 amide bonds. The molecule has 11 nitrogen and oxygen atoms in total. The molecule has 1 aromatic heterocycles. The molecule has 2 aromatic rings. The van der Waals surface area contributed by atoms with Crippen molar-refractivity contribution in [2.75, 3.05) is 18.1 Å². The number of halogens is 1. The molecule has 1 aliphatic heterocycles. The number of benzene rings is 1. The number of nitrogens with one attached hydrogen (secondary N) is 1. The number of hydrazone groups is 1. The zero-order chi connectivity index (χ0) is 15.7. The third-order valence-electron chi connectivity index (χ3n) is 2.95. The van der Waals surface area contributed by atoms with Gasteiger partial charge < -0.3 is 15.3 Å². The minimum atomic E-state index is -0.529. The summed E-state index contributed by atoms with van der Waals surface area (Å²) in [6.07, 6.45) is 1.27. The zero-order valence-corrected chi connectivity index (χ0v) is 12.6. The van der Waals surface area contributed by atoms with Crippen LogP contribution >= 0.6 is 12.4 Å². The molecule has 0 spiro atoms. The number of aromatic nitrogens is 3. The highest BCUT2D eigenvalue weighted by Gasteiger charge is 2.22. The van der Waals surface area contributed by atoms with Crippen LogP contribution in [-0.4, -0.2) is 32.8 Å². The monoisotopic (exact) mass is 341 g/mol. The van der Waals surface area contributed by atoms with Crippen LogP contribution in [0.15, 0.2) is 17.2 Å². The zero-order valence-electron chi connectivity index (χ0n) is 11.8. The average Bonchev–Trinajstić information content (AvgIpc) is 3.07. The Bertz CT molecular complexity index is 776. The lowest BCUT2D eigenvalue weighted by atomic mass is 10.1. The number of fused-ring (bicyclic) bond motifs is 1. The van der Waals surface area contributed by atoms with Crippen LogP contribution < -0.4 is 20.7 Å². The molecule has 1 aromatic carbocycles. The van der Waals surface area contributed by atoms with Crippen molar-refractivity contribution in [1.82, 2.24) is 14.9 Å². The Balaban J connectivity index is 0.00000192. The number of aryl methyl sites for hydroxylation is 1. The largest absolute Gasteiger partial charge is 0.454 e. The van der Waals surface area contributed by atoms with Gasteiger partial charge in [0.15, 0.2) is 17.3 Å². The number of anilines is 1. The molecule has 3 N–H and O–H groups in total. The average molecular weight is 342 g/mol. The molecule has 2 heterocycles. The summed E-state index contributed by atoms with van der Waals surface area (Å²) >= 11 is 0. The predicted octanol–water partition coefficient (Wildman–Crippen LogP) is 0.805. The first-order valence-corrected chi connectivity index (χ1v) is 6.10. The van der Waals surface area contributed by atoms with Gasteiger partial charge in [0, 0.05) is 0 Å². The van der Waals surface area contributed by atoms with Crippen LogP contribution in [-0.2, 0) is 0 Å². The molecule has 0 fully saturated rings. The van der Waals surface area contributed by atoms with Crippen LogP contribution in [0.2, 0.25) is 0 Å². The number of nitrogen functional groups attached to an aromatic ring is 1. The highest BCUT2D eigenvalue weighted by Crippen LogP contribution is 2.37. The maximum Gasteiger partial charge on any atom is 0.282 e. The van der Waals surface area contributed by atoms with Gasteiger partial charge in [0.2, 0.25) is 6.79 Å². The van der Waals surface area contributed by atoms with E-state index in [-0.39, 0.29) is 36.4 Å². The van der Waals surface area contributed by atoms with E-state index in [4.69, 9.17) is 15.3 Å². The predicted molar refractivity (Wildman–Crippen MR) is 82.6 cm³/mol. The molecule has 122 valence electrons. The Morgan fingerprint density at radius 1 is 1.43 bits per heavy atom. The van der Waals surface area contributed by atoms with Gasteiger partial charge in [-0.05, 0) is 13.0 Å². The number of nitro groups is 1. The summed E-state index contributed by atoms with van der Waals surface area (Å²) in [7, 11) is 0. The van der Waals surface area contributed by atoms with E-state index in [0.29, 0.717) is 17.3 Å². The maximum absolute atomic E-state index is 11.1. The Kier molecular flexibility index (Phi) is 4.50. The van der Waals surface area contributed by atoms with Crippen LogP contribution in [0, 0.1) is 17.0 Å². The number of hydrogen-bond acceptors (Lipinski definition) is 9. The molecule has 0 unspecified atom stereocenters. The van der Waals surface area contributed by atoms with Crippen molar-refractivity contribution in [1.29, 1.82) is 0 Å². The van der Waals surface area contributed by atoms with Crippen LogP contribution in [0.4, 0.5) is 11.6 Å². The van der Waals surface area contributed by atoms with E-state index in [1.807, 2.05) is 0 Å². The maximum atomic E-state index is 11.1. The van der Waals surface area contributed by atoms with Crippen LogP contribution in [0.3, 0.4) is 0 Å². The lowest BCUT2D eigenvalue weighted by Gasteiger charge is -2.01. The second-order valence-electron chi connectivity index (χ2n) is 4.33. The van der Waals surface area contributed by atoms with E-state index in [9.17, 15) is 10.1 Å². The number of ether oxygens (including phenoxy) is 2. The molecule has 0 aliphatic carbocycles. The van der Waals surface area contributed by atoms with Crippen molar-refractivity contribution in [2.24, 2.45) is 5.10 Å². The molecule has 12 heteroatoms. The molecule has 0 saturated carbocycles. The number of hydrogen-bond donors (Lipinski definition) is 2. The third kappa shape index (κ3) is 3.08. The van der Waals surface area contributed by atoms with Crippen molar-refractivity contribution in [3.8, 4) is 11.5 Å². The summed E-state index contributed by atoms with van der Waals surface area (Å²) < 4.78 is 11.5.